The third-order valence-corrected chi connectivity index (χ3v) is 5.59. The van der Waals surface area contributed by atoms with Crippen molar-refractivity contribution in [2.45, 2.75) is 56.3 Å². The van der Waals surface area contributed by atoms with Crippen molar-refractivity contribution in [2.75, 3.05) is 0 Å². The van der Waals surface area contributed by atoms with Gasteiger partial charge in [-0.2, -0.15) is 0 Å². The van der Waals surface area contributed by atoms with Crippen LogP contribution in [0.1, 0.15) is 30.5 Å². The van der Waals surface area contributed by atoms with Crippen molar-refractivity contribution in [2.24, 2.45) is 17.2 Å². The predicted molar refractivity (Wildman–Crippen MR) is 136 cm³/mol. The minimum Gasteiger partial charge on any atom is -0.480 e. The molecule has 15 heteroatoms. The Bertz CT molecular complexity index is 1160. The van der Waals surface area contributed by atoms with Gasteiger partial charge in [-0.1, -0.05) is 30.3 Å². The van der Waals surface area contributed by atoms with Crippen LogP contribution >= 0.6 is 0 Å². The third kappa shape index (κ3) is 10.6. The Morgan fingerprint density at radius 1 is 0.846 bits per heavy atom. The molecule has 0 aliphatic rings. The van der Waals surface area contributed by atoms with E-state index >= 15 is 0 Å². The number of carbonyl (C=O) groups is 6. The molecule has 2 aromatic rings. The quantitative estimate of drug-likeness (QED) is 0.108. The highest BCUT2D eigenvalue weighted by Crippen LogP contribution is 2.07. The molecule has 5 amide bonds. The van der Waals surface area contributed by atoms with Gasteiger partial charge in [0.2, 0.25) is 29.5 Å². The predicted octanol–water partition coefficient (Wildman–Crippen LogP) is -2.80. The maximum absolute atomic E-state index is 13.4. The van der Waals surface area contributed by atoms with Crippen molar-refractivity contribution >= 4 is 35.5 Å². The summed E-state index contributed by atoms with van der Waals surface area (Å²) in [5, 5.41) is 16.6. The number of hydrogen-bond donors (Lipinski definition) is 8. The fourth-order valence-electron chi connectivity index (χ4n) is 3.54. The van der Waals surface area contributed by atoms with Gasteiger partial charge in [-0.25, -0.2) is 9.78 Å². The van der Waals surface area contributed by atoms with E-state index < -0.39 is 66.1 Å². The topological polar surface area (TPSA) is 265 Å². The molecule has 0 saturated carbocycles. The molecular formula is C24H32N8O7. The standard InChI is InChI=1S/C24H32N8O7/c25-15(6-7-19(26)33)21(35)30-16(8-13-4-2-1-3-5-13)22(36)31-17(9-14-11-28-12-29-14)23(37)32-18(24(38)39)10-20(27)34/h1-5,11-12,15-18H,6-10,25H2,(H2,26,33)(H2,27,34)(H,28,29)(H,30,35)(H,31,36)(H,32,37)(H,38,39). The Labute approximate surface area is 223 Å². The molecule has 39 heavy (non-hydrogen) atoms. The second-order valence-electron chi connectivity index (χ2n) is 8.77. The number of carboxylic acid groups (broad SMARTS) is 1. The lowest BCUT2D eigenvalue weighted by atomic mass is 10.0. The molecule has 0 fully saturated rings. The molecule has 210 valence electrons. The van der Waals surface area contributed by atoms with Gasteiger partial charge in [-0.3, -0.25) is 24.0 Å². The number of benzene rings is 1. The number of carboxylic acids is 1. The lowest BCUT2D eigenvalue weighted by Gasteiger charge is -2.25. The van der Waals surface area contributed by atoms with Gasteiger partial charge in [0.05, 0.1) is 18.8 Å². The van der Waals surface area contributed by atoms with E-state index in [4.69, 9.17) is 17.2 Å². The lowest BCUT2D eigenvalue weighted by Crippen LogP contribution is -2.58. The molecule has 0 aliphatic carbocycles. The molecule has 0 spiro atoms. The zero-order valence-corrected chi connectivity index (χ0v) is 21.0. The van der Waals surface area contributed by atoms with Gasteiger partial charge in [0.25, 0.3) is 0 Å². The summed E-state index contributed by atoms with van der Waals surface area (Å²) in [6.07, 6.45) is 1.83. The molecule has 4 unspecified atom stereocenters. The van der Waals surface area contributed by atoms with Crippen LogP contribution in [0.3, 0.4) is 0 Å². The maximum atomic E-state index is 13.4. The highest BCUT2D eigenvalue weighted by molar-refractivity contribution is 5.95. The summed E-state index contributed by atoms with van der Waals surface area (Å²) < 4.78 is 0. The number of nitrogens with one attached hydrogen (secondary N) is 4. The van der Waals surface area contributed by atoms with E-state index in [1.165, 1.54) is 12.5 Å². The monoisotopic (exact) mass is 544 g/mol. The Kier molecular flexibility index (Phi) is 11.6. The summed E-state index contributed by atoms with van der Waals surface area (Å²) in [6, 6.07) is 3.44. The summed E-state index contributed by atoms with van der Waals surface area (Å²) in [4.78, 5) is 79.6. The van der Waals surface area contributed by atoms with Crippen LogP contribution in [-0.2, 0) is 41.6 Å². The van der Waals surface area contributed by atoms with Crippen LogP contribution in [-0.4, -0.2) is 74.7 Å². The van der Waals surface area contributed by atoms with Crippen molar-refractivity contribution < 1.29 is 33.9 Å². The third-order valence-electron chi connectivity index (χ3n) is 5.59. The van der Waals surface area contributed by atoms with Crippen molar-refractivity contribution in [1.82, 2.24) is 25.9 Å². The number of aromatic nitrogens is 2. The SMILES string of the molecule is NC(=O)CCC(N)C(=O)NC(Cc1ccccc1)C(=O)NC(Cc1cnc[nH]1)C(=O)NC(CC(N)=O)C(=O)O. The number of carbonyl (C=O) groups excluding carboxylic acids is 5. The van der Waals surface area contributed by atoms with Crippen molar-refractivity contribution in [1.29, 1.82) is 0 Å². The van der Waals surface area contributed by atoms with Gasteiger partial charge in [-0.05, 0) is 12.0 Å². The minimum atomic E-state index is -1.63. The fourth-order valence-corrected chi connectivity index (χ4v) is 3.54. The molecule has 0 aliphatic heterocycles. The second kappa shape index (κ2) is 14.8. The van der Waals surface area contributed by atoms with Crippen LogP contribution in [0.5, 0.6) is 0 Å². The van der Waals surface area contributed by atoms with Gasteiger partial charge >= 0.3 is 5.97 Å². The van der Waals surface area contributed by atoms with Crippen LogP contribution < -0.4 is 33.2 Å². The van der Waals surface area contributed by atoms with Crippen LogP contribution in [0.25, 0.3) is 0 Å². The number of nitrogens with two attached hydrogens (primary N) is 3. The molecule has 1 heterocycles. The van der Waals surface area contributed by atoms with E-state index in [0.717, 1.165) is 0 Å². The van der Waals surface area contributed by atoms with Crippen molar-refractivity contribution in [3.63, 3.8) is 0 Å². The molecule has 0 bridgehead atoms. The first-order chi connectivity index (χ1) is 18.5. The number of hydrogen-bond acceptors (Lipinski definition) is 8. The average molecular weight is 545 g/mol. The van der Waals surface area contributed by atoms with E-state index in [0.29, 0.717) is 11.3 Å². The lowest BCUT2D eigenvalue weighted by molar-refractivity contribution is -0.143. The first-order valence-corrected chi connectivity index (χ1v) is 11.9. The van der Waals surface area contributed by atoms with Gasteiger partial charge in [0, 0.05) is 31.2 Å². The Morgan fingerprint density at radius 2 is 1.44 bits per heavy atom. The highest BCUT2D eigenvalue weighted by atomic mass is 16.4. The molecule has 15 nitrogen and oxygen atoms in total. The fraction of sp³-hybridized carbons (Fsp3) is 0.375. The summed E-state index contributed by atoms with van der Waals surface area (Å²) in [5.74, 6) is -5.47. The second-order valence-corrected chi connectivity index (χ2v) is 8.77. The molecule has 4 atom stereocenters. The van der Waals surface area contributed by atoms with Crippen LogP contribution in [0.2, 0.25) is 0 Å². The smallest absolute Gasteiger partial charge is 0.326 e. The molecule has 11 N–H and O–H groups in total. The molecular weight excluding hydrogens is 512 g/mol. The van der Waals surface area contributed by atoms with E-state index in [-0.39, 0.29) is 25.7 Å². The highest BCUT2D eigenvalue weighted by Gasteiger charge is 2.31. The van der Waals surface area contributed by atoms with Crippen molar-refractivity contribution in [3.8, 4) is 0 Å². The van der Waals surface area contributed by atoms with Gasteiger partial charge in [0.15, 0.2) is 0 Å². The molecule has 2 rings (SSSR count). The van der Waals surface area contributed by atoms with Gasteiger partial charge in [0.1, 0.15) is 18.1 Å². The number of aromatic amines is 1. The number of primary amides is 2. The first kappa shape index (κ1) is 30.4. The molecule has 1 aromatic heterocycles. The Hall–Kier alpha value is -4.79. The van der Waals surface area contributed by atoms with E-state index in [1.54, 1.807) is 30.3 Å². The largest absolute Gasteiger partial charge is 0.480 e. The number of aliphatic carboxylic acids is 1. The maximum Gasteiger partial charge on any atom is 0.326 e. The molecule has 0 saturated heterocycles. The summed E-state index contributed by atoms with van der Waals surface area (Å²) in [6.45, 7) is 0. The summed E-state index contributed by atoms with van der Waals surface area (Å²) in [5.41, 5.74) is 17.2. The zero-order valence-electron chi connectivity index (χ0n) is 21.0. The summed E-state index contributed by atoms with van der Waals surface area (Å²) in [7, 11) is 0. The number of imidazole rings is 1. The number of amides is 5. The molecule has 1 aromatic carbocycles. The first-order valence-electron chi connectivity index (χ1n) is 11.9. The summed E-state index contributed by atoms with van der Waals surface area (Å²) >= 11 is 0. The number of H-pyrrole nitrogens is 1. The Balaban J connectivity index is 2.26. The van der Waals surface area contributed by atoms with Gasteiger partial charge in [-0.15, -0.1) is 0 Å². The van der Waals surface area contributed by atoms with Crippen LogP contribution in [0.15, 0.2) is 42.9 Å². The Morgan fingerprint density at radius 3 is 1.97 bits per heavy atom. The van der Waals surface area contributed by atoms with E-state index in [2.05, 4.69) is 25.9 Å². The number of rotatable bonds is 16. The normalized spacial score (nSPS) is 13.8. The van der Waals surface area contributed by atoms with Crippen LogP contribution in [0.4, 0.5) is 0 Å². The molecule has 0 radical (unpaired) electrons. The van der Waals surface area contributed by atoms with E-state index in [9.17, 15) is 33.9 Å². The van der Waals surface area contributed by atoms with Crippen molar-refractivity contribution in [3.05, 3.63) is 54.1 Å². The average Bonchev–Trinajstić information content (AvgIpc) is 3.39. The van der Waals surface area contributed by atoms with Gasteiger partial charge < -0.3 is 43.2 Å². The number of nitrogens with zero attached hydrogens (tertiary/aromatic N) is 1. The zero-order chi connectivity index (χ0) is 28.9. The van der Waals surface area contributed by atoms with Crippen LogP contribution in [0, 0.1) is 0 Å². The minimum absolute atomic E-state index is 0.0266. The van der Waals surface area contributed by atoms with E-state index in [1.807, 2.05) is 0 Å².